The van der Waals surface area contributed by atoms with Crippen LogP contribution in [0.15, 0.2) is 97.3 Å². The molecule has 32 heavy (non-hydrogen) atoms. The molecule has 0 spiro atoms. The predicted molar refractivity (Wildman–Crippen MR) is 125 cm³/mol. The highest BCUT2D eigenvalue weighted by Crippen LogP contribution is 2.18. The first-order chi connectivity index (χ1) is 15.7. The van der Waals surface area contributed by atoms with Crippen molar-refractivity contribution in [2.45, 2.75) is 0 Å². The average molecular weight is 424 g/mol. The van der Waals surface area contributed by atoms with Gasteiger partial charge in [0, 0.05) is 40.7 Å². The maximum atomic E-state index is 12.6. The van der Waals surface area contributed by atoms with Gasteiger partial charge >= 0.3 is 6.03 Å². The molecule has 0 bridgehead atoms. The maximum Gasteiger partial charge on any atom is 0.323 e. The van der Waals surface area contributed by atoms with Gasteiger partial charge in [0.1, 0.15) is 0 Å². The highest BCUT2D eigenvalue weighted by atomic mass is 16.2. The Kier molecular flexibility index (Phi) is 6.33. The van der Waals surface area contributed by atoms with Gasteiger partial charge in [-0.25, -0.2) is 14.8 Å². The molecule has 8 heteroatoms. The van der Waals surface area contributed by atoms with Crippen molar-refractivity contribution in [3.8, 4) is 0 Å². The number of benzene rings is 3. The zero-order valence-electron chi connectivity index (χ0n) is 16.9. The summed E-state index contributed by atoms with van der Waals surface area (Å²) in [6.45, 7) is 0. The third kappa shape index (κ3) is 5.67. The van der Waals surface area contributed by atoms with Crippen molar-refractivity contribution in [1.82, 2.24) is 9.97 Å². The van der Waals surface area contributed by atoms with E-state index in [0.29, 0.717) is 34.3 Å². The van der Waals surface area contributed by atoms with Gasteiger partial charge < -0.3 is 21.3 Å². The Morgan fingerprint density at radius 3 is 1.88 bits per heavy atom. The summed E-state index contributed by atoms with van der Waals surface area (Å²) in [5, 5.41) is 11.4. The van der Waals surface area contributed by atoms with E-state index in [9.17, 15) is 9.59 Å². The molecule has 4 rings (SSSR count). The van der Waals surface area contributed by atoms with Gasteiger partial charge in [-0.05, 0) is 60.7 Å². The molecule has 4 aromatic rings. The van der Waals surface area contributed by atoms with Gasteiger partial charge in [-0.3, -0.25) is 4.79 Å². The number of amides is 3. The summed E-state index contributed by atoms with van der Waals surface area (Å²) in [7, 11) is 0. The largest absolute Gasteiger partial charge is 0.324 e. The van der Waals surface area contributed by atoms with Gasteiger partial charge in [0.2, 0.25) is 5.95 Å². The number of para-hydroxylation sites is 1. The molecule has 0 fully saturated rings. The molecule has 3 aromatic carbocycles. The lowest BCUT2D eigenvalue weighted by Gasteiger charge is -2.10. The van der Waals surface area contributed by atoms with Crippen LogP contribution in [0.1, 0.15) is 10.4 Å². The van der Waals surface area contributed by atoms with Crippen LogP contribution in [0.4, 0.5) is 33.5 Å². The molecule has 3 amide bonds. The van der Waals surface area contributed by atoms with E-state index in [0.717, 1.165) is 0 Å². The van der Waals surface area contributed by atoms with Crippen molar-refractivity contribution in [1.29, 1.82) is 0 Å². The normalized spacial score (nSPS) is 10.1. The summed E-state index contributed by atoms with van der Waals surface area (Å²) in [5.41, 5.74) is 3.09. The van der Waals surface area contributed by atoms with Crippen molar-refractivity contribution >= 4 is 40.6 Å². The van der Waals surface area contributed by atoms with Gasteiger partial charge in [-0.15, -0.1) is 0 Å². The number of nitrogens with one attached hydrogen (secondary N) is 4. The van der Waals surface area contributed by atoms with Crippen LogP contribution in [0.25, 0.3) is 0 Å². The first-order valence-electron chi connectivity index (χ1n) is 9.84. The SMILES string of the molecule is O=C(Nc1ccccc1)Nc1ccc(NC(=O)c2cccc(Nc3ncccn3)c2)cc1. The fraction of sp³-hybridized carbons (Fsp3) is 0. The van der Waals surface area contributed by atoms with Crippen LogP contribution in [-0.2, 0) is 0 Å². The summed E-state index contributed by atoms with van der Waals surface area (Å²) in [4.78, 5) is 32.9. The van der Waals surface area contributed by atoms with Gasteiger partial charge in [0.25, 0.3) is 5.91 Å². The third-order valence-electron chi connectivity index (χ3n) is 4.38. The fourth-order valence-electron chi connectivity index (χ4n) is 2.89. The summed E-state index contributed by atoms with van der Waals surface area (Å²) < 4.78 is 0. The molecule has 1 aromatic heterocycles. The van der Waals surface area contributed by atoms with Crippen molar-refractivity contribution in [3.63, 3.8) is 0 Å². The lowest BCUT2D eigenvalue weighted by molar-refractivity contribution is 0.102. The fourth-order valence-corrected chi connectivity index (χ4v) is 2.89. The van der Waals surface area contributed by atoms with E-state index >= 15 is 0 Å². The number of carbonyl (C=O) groups excluding carboxylic acids is 2. The molecule has 4 N–H and O–H groups in total. The minimum Gasteiger partial charge on any atom is -0.324 e. The monoisotopic (exact) mass is 424 g/mol. The van der Waals surface area contributed by atoms with Crippen molar-refractivity contribution < 1.29 is 9.59 Å². The zero-order chi connectivity index (χ0) is 22.2. The Bertz CT molecular complexity index is 1200. The van der Waals surface area contributed by atoms with E-state index in [4.69, 9.17) is 0 Å². The molecule has 0 atom stereocenters. The molecule has 0 saturated carbocycles. The highest BCUT2D eigenvalue weighted by Gasteiger charge is 2.08. The summed E-state index contributed by atoms with van der Waals surface area (Å²) in [6.07, 6.45) is 3.27. The standard InChI is InChI=1S/C24H20N6O2/c31-22(17-6-4-9-21(16-17)28-23-25-14-5-15-26-23)27-19-10-12-20(13-11-19)30-24(32)29-18-7-2-1-3-8-18/h1-16H,(H,27,31)(H,25,26,28)(H2,29,30,32). The minimum atomic E-state index is -0.348. The highest BCUT2D eigenvalue weighted by molar-refractivity contribution is 6.05. The molecule has 0 aliphatic rings. The van der Waals surface area contributed by atoms with Crippen LogP contribution in [0, 0.1) is 0 Å². The lowest BCUT2D eigenvalue weighted by atomic mass is 10.2. The van der Waals surface area contributed by atoms with E-state index in [1.165, 1.54) is 0 Å². The van der Waals surface area contributed by atoms with E-state index in [-0.39, 0.29) is 11.9 Å². The molecular formula is C24H20N6O2. The Labute approximate surface area is 184 Å². The summed E-state index contributed by atoms with van der Waals surface area (Å²) >= 11 is 0. The van der Waals surface area contributed by atoms with Crippen LogP contribution in [0.5, 0.6) is 0 Å². The molecule has 158 valence electrons. The number of hydrogen-bond acceptors (Lipinski definition) is 5. The van der Waals surface area contributed by atoms with Crippen molar-refractivity contribution in [3.05, 3.63) is 103 Å². The topological polar surface area (TPSA) is 108 Å². The molecule has 8 nitrogen and oxygen atoms in total. The maximum absolute atomic E-state index is 12.6. The van der Waals surface area contributed by atoms with Gasteiger partial charge in [-0.2, -0.15) is 0 Å². The number of anilines is 5. The quantitative estimate of drug-likeness (QED) is 0.344. The second kappa shape index (κ2) is 9.86. The van der Waals surface area contributed by atoms with Crippen LogP contribution in [0.3, 0.4) is 0 Å². The van der Waals surface area contributed by atoms with Crippen LogP contribution in [0.2, 0.25) is 0 Å². The molecule has 1 heterocycles. The van der Waals surface area contributed by atoms with E-state index in [1.807, 2.05) is 24.3 Å². The number of aromatic nitrogens is 2. The Morgan fingerprint density at radius 2 is 1.19 bits per heavy atom. The molecule has 0 aliphatic carbocycles. The van der Waals surface area contributed by atoms with E-state index in [1.54, 1.807) is 73.1 Å². The third-order valence-corrected chi connectivity index (χ3v) is 4.38. The number of urea groups is 1. The Morgan fingerprint density at radius 1 is 0.594 bits per heavy atom. The van der Waals surface area contributed by atoms with Crippen LogP contribution in [-0.4, -0.2) is 21.9 Å². The zero-order valence-corrected chi connectivity index (χ0v) is 16.9. The number of hydrogen-bond donors (Lipinski definition) is 4. The number of nitrogens with zero attached hydrogens (tertiary/aromatic N) is 2. The van der Waals surface area contributed by atoms with Gasteiger partial charge in [0.15, 0.2) is 0 Å². The van der Waals surface area contributed by atoms with E-state index in [2.05, 4.69) is 31.2 Å². The van der Waals surface area contributed by atoms with Gasteiger partial charge in [-0.1, -0.05) is 24.3 Å². The first-order valence-corrected chi connectivity index (χ1v) is 9.84. The molecule has 0 aliphatic heterocycles. The van der Waals surface area contributed by atoms with Crippen molar-refractivity contribution in [2.24, 2.45) is 0 Å². The first kappa shape index (κ1) is 20.5. The Hall–Kier alpha value is -4.72. The average Bonchev–Trinajstić information content (AvgIpc) is 2.82. The lowest BCUT2D eigenvalue weighted by Crippen LogP contribution is -2.19. The van der Waals surface area contributed by atoms with Gasteiger partial charge in [0.05, 0.1) is 0 Å². The second-order valence-electron chi connectivity index (χ2n) is 6.75. The minimum absolute atomic E-state index is 0.259. The van der Waals surface area contributed by atoms with Crippen LogP contribution < -0.4 is 21.3 Å². The molecular weight excluding hydrogens is 404 g/mol. The van der Waals surface area contributed by atoms with Crippen LogP contribution >= 0.6 is 0 Å². The van der Waals surface area contributed by atoms with Crippen molar-refractivity contribution in [2.75, 3.05) is 21.3 Å². The molecule has 0 saturated heterocycles. The predicted octanol–water partition coefficient (Wildman–Crippen LogP) is 5.12. The smallest absolute Gasteiger partial charge is 0.323 e. The Balaban J connectivity index is 1.34. The summed E-state index contributed by atoms with van der Waals surface area (Å²) in [6, 6.07) is 24.4. The molecule has 0 radical (unpaired) electrons. The molecule has 0 unspecified atom stereocenters. The van der Waals surface area contributed by atoms with E-state index < -0.39 is 0 Å². The second-order valence-corrected chi connectivity index (χ2v) is 6.75. The number of carbonyl (C=O) groups is 2. The number of rotatable bonds is 6. The summed E-state index contributed by atoms with van der Waals surface area (Å²) in [5.74, 6) is 0.189.